The second kappa shape index (κ2) is 10.1. The van der Waals surface area contributed by atoms with Gasteiger partial charge in [0.25, 0.3) is 0 Å². The molecule has 27 heavy (non-hydrogen) atoms. The third-order valence-corrected chi connectivity index (χ3v) is 4.98. The number of piperidine rings is 1. The Labute approximate surface area is 160 Å². The third-order valence-electron chi connectivity index (χ3n) is 4.98. The van der Waals surface area contributed by atoms with Gasteiger partial charge >= 0.3 is 6.09 Å². The average molecular weight is 370 g/mol. The molecule has 3 rings (SSSR count). The molecular weight excluding hydrogens is 343 g/mol. The molecule has 1 aliphatic heterocycles. The van der Waals surface area contributed by atoms with Crippen molar-refractivity contribution in [3.05, 3.63) is 71.5 Å². The van der Waals surface area contributed by atoms with Crippen LogP contribution in [0.2, 0.25) is 0 Å². The molecule has 1 fully saturated rings. The molecule has 2 aromatic rings. The molecule has 0 aliphatic carbocycles. The quantitative estimate of drug-likeness (QED) is 0.801. The summed E-state index contributed by atoms with van der Waals surface area (Å²) in [6, 6.07) is 16.4. The molecule has 0 bridgehead atoms. The second-order valence-corrected chi connectivity index (χ2v) is 7.13. The van der Waals surface area contributed by atoms with E-state index in [-0.39, 0.29) is 11.9 Å². The number of hydrogen-bond acceptors (Lipinski definition) is 3. The summed E-state index contributed by atoms with van der Waals surface area (Å²) in [5.41, 5.74) is 2.14. The van der Waals surface area contributed by atoms with Crippen molar-refractivity contribution in [1.29, 1.82) is 0 Å². The van der Waals surface area contributed by atoms with E-state index in [4.69, 9.17) is 4.74 Å². The van der Waals surface area contributed by atoms with E-state index in [0.29, 0.717) is 19.1 Å². The van der Waals surface area contributed by atoms with E-state index in [0.717, 1.165) is 50.0 Å². The minimum Gasteiger partial charge on any atom is -0.445 e. The fourth-order valence-electron chi connectivity index (χ4n) is 3.46. The van der Waals surface area contributed by atoms with Crippen LogP contribution in [0.25, 0.3) is 0 Å². The molecule has 1 unspecified atom stereocenters. The first kappa shape index (κ1) is 19.4. The van der Waals surface area contributed by atoms with Gasteiger partial charge in [-0.25, -0.2) is 9.18 Å². The number of halogens is 1. The van der Waals surface area contributed by atoms with E-state index < -0.39 is 0 Å². The van der Waals surface area contributed by atoms with Crippen molar-refractivity contribution in [2.75, 3.05) is 26.2 Å². The van der Waals surface area contributed by atoms with Crippen LogP contribution in [0.15, 0.2) is 54.6 Å². The first-order chi connectivity index (χ1) is 13.2. The van der Waals surface area contributed by atoms with E-state index in [1.165, 1.54) is 12.1 Å². The fourth-order valence-corrected chi connectivity index (χ4v) is 3.46. The second-order valence-electron chi connectivity index (χ2n) is 7.13. The van der Waals surface area contributed by atoms with Gasteiger partial charge in [0.1, 0.15) is 12.4 Å². The van der Waals surface area contributed by atoms with Gasteiger partial charge in [-0.3, -0.25) is 0 Å². The number of hydrogen-bond donors (Lipinski definition) is 1. The molecule has 1 saturated heterocycles. The number of nitrogens with one attached hydrogen (secondary N) is 1. The summed E-state index contributed by atoms with van der Waals surface area (Å²) in [7, 11) is 0. The van der Waals surface area contributed by atoms with Crippen molar-refractivity contribution in [1.82, 2.24) is 10.2 Å². The Morgan fingerprint density at radius 3 is 2.67 bits per heavy atom. The molecule has 1 aliphatic rings. The lowest BCUT2D eigenvalue weighted by atomic mass is 9.97. The van der Waals surface area contributed by atoms with Crippen molar-refractivity contribution in [2.45, 2.75) is 25.9 Å². The number of nitrogens with zero attached hydrogens (tertiary/aromatic N) is 1. The Morgan fingerprint density at radius 2 is 1.89 bits per heavy atom. The summed E-state index contributed by atoms with van der Waals surface area (Å²) in [5.74, 6) is 0.248. The monoisotopic (exact) mass is 370 g/mol. The lowest BCUT2D eigenvalue weighted by Crippen LogP contribution is -2.41. The number of rotatable bonds is 7. The van der Waals surface area contributed by atoms with E-state index in [2.05, 4.69) is 10.2 Å². The van der Waals surface area contributed by atoms with Gasteiger partial charge in [-0.2, -0.15) is 0 Å². The summed E-state index contributed by atoms with van der Waals surface area (Å²) in [6.45, 7) is 3.94. The van der Waals surface area contributed by atoms with Gasteiger partial charge in [0.2, 0.25) is 0 Å². The first-order valence-electron chi connectivity index (χ1n) is 9.60. The maximum Gasteiger partial charge on any atom is 0.407 e. The van der Waals surface area contributed by atoms with E-state index >= 15 is 0 Å². The number of amides is 1. The highest BCUT2D eigenvalue weighted by Crippen LogP contribution is 2.16. The highest BCUT2D eigenvalue weighted by Gasteiger charge is 2.20. The zero-order valence-corrected chi connectivity index (χ0v) is 15.6. The molecule has 0 aromatic heterocycles. The van der Waals surface area contributed by atoms with E-state index in [1.54, 1.807) is 0 Å². The number of ether oxygens (including phenoxy) is 1. The lowest BCUT2D eigenvalue weighted by molar-refractivity contribution is 0.131. The highest BCUT2D eigenvalue weighted by molar-refractivity contribution is 5.67. The molecule has 2 aromatic carbocycles. The molecule has 1 N–H and O–H groups in total. The Hall–Kier alpha value is -2.40. The normalized spacial score (nSPS) is 17.4. The van der Waals surface area contributed by atoms with Crippen molar-refractivity contribution in [3.63, 3.8) is 0 Å². The zero-order chi connectivity index (χ0) is 18.9. The van der Waals surface area contributed by atoms with Gasteiger partial charge in [0, 0.05) is 19.6 Å². The average Bonchev–Trinajstić information content (AvgIpc) is 2.71. The Bertz CT molecular complexity index is 706. The van der Waals surface area contributed by atoms with E-state index in [9.17, 15) is 9.18 Å². The number of benzene rings is 2. The van der Waals surface area contributed by atoms with Gasteiger partial charge in [-0.05, 0) is 55.0 Å². The van der Waals surface area contributed by atoms with Gasteiger partial charge in [-0.1, -0.05) is 42.5 Å². The van der Waals surface area contributed by atoms with Gasteiger partial charge in [0.05, 0.1) is 0 Å². The van der Waals surface area contributed by atoms with Crippen molar-refractivity contribution in [3.8, 4) is 0 Å². The number of alkyl carbamates (subject to hydrolysis) is 1. The van der Waals surface area contributed by atoms with Crippen LogP contribution in [0.1, 0.15) is 24.0 Å². The van der Waals surface area contributed by atoms with Gasteiger partial charge in [0.15, 0.2) is 0 Å². The summed E-state index contributed by atoms with van der Waals surface area (Å²) in [4.78, 5) is 14.3. The van der Waals surface area contributed by atoms with Crippen LogP contribution in [0.3, 0.4) is 0 Å². The third kappa shape index (κ3) is 6.68. The van der Waals surface area contributed by atoms with Crippen LogP contribution >= 0.6 is 0 Å². The molecule has 1 atom stereocenters. The van der Waals surface area contributed by atoms with Crippen molar-refractivity contribution in [2.24, 2.45) is 5.92 Å². The fraction of sp³-hybridized carbons (Fsp3) is 0.409. The zero-order valence-electron chi connectivity index (χ0n) is 15.6. The highest BCUT2D eigenvalue weighted by atomic mass is 19.1. The Morgan fingerprint density at radius 1 is 1.11 bits per heavy atom. The Kier molecular flexibility index (Phi) is 7.22. The molecule has 5 heteroatoms. The van der Waals surface area contributed by atoms with Crippen molar-refractivity contribution >= 4 is 6.09 Å². The van der Waals surface area contributed by atoms with Gasteiger partial charge in [-0.15, -0.1) is 0 Å². The van der Waals surface area contributed by atoms with Crippen molar-refractivity contribution < 1.29 is 13.9 Å². The Balaban J connectivity index is 1.35. The maximum atomic E-state index is 13.0. The lowest BCUT2D eigenvalue weighted by Gasteiger charge is -2.32. The van der Waals surface area contributed by atoms with E-state index in [1.807, 2.05) is 42.5 Å². The predicted molar refractivity (Wildman–Crippen MR) is 104 cm³/mol. The maximum absolute atomic E-state index is 13.0. The standard InChI is InChI=1S/C22H27FN2O2/c23-21-10-8-18(9-11-21)12-14-25-13-4-7-20(16-25)15-24-22(26)27-17-19-5-2-1-3-6-19/h1-3,5-6,8-11,20H,4,7,12-17H2,(H,24,26). The summed E-state index contributed by atoms with van der Waals surface area (Å²) < 4.78 is 18.2. The smallest absolute Gasteiger partial charge is 0.407 e. The minimum atomic E-state index is -0.359. The number of likely N-dealkylation sites (tertiary alicyclic amines) is 1. The first-order valence-corrected chi connectivity index (χ1v) is 9.60. The molecule has 0 spiro atoms. The summed E-state index contributed by atoms with van der Waals surface area (Å²) in [5, 5.41) is 2.89. The molecule has 0 radical (unpaired) electrons. The summed E-state index contributed by atoms with van der Waals surface area (Å²) >= 11 is 0. The molecular formula is C22H27FN2O2. The summed E-state index contributed by atoms with van der Waals surface area (Å²) in [6.07, 6.45) is 2.81. The number of carbonyl (C=O) groups is 1. The van der Waals surface area contributed by atoms with Crippen LogP contribution in [-0.4, -0.2) is 37.2 Å². The van der Waals surface area contributed by atoms with Crippen LogP contribution in [-0.2, 0) is 17.8 Å². The molecule has 1 heterocycles. The van der Waals surface area contributed by atoms with Crippen LogP contribution in [0.4, 0.5) is 9.18 Å². The molecule has 144 valence electrons. The number of carbonyl (C=O) groups excluding carboxylic acids is 1. The predicted octanol–water partition coefficient (Wildman–Crippen LogP) is 4.01. The SMILES string of the molecule is O=C(NCC1CCCN(CCc2ccc(F)cc2)C1)OCc1ccccc1. The molecule has 0 saturated carbocycles. The van der Waals surface area contributed by atoms with Gasteiger partial charge < -0.3 is 15.0 Å². The van der Waals surface area contributed by atoms with Crippen LogP contribution < -0.4 is 5.32 Å². The molecule has 4 nitrogen and oxygen atoms in total. The van der Waals surface area contributed by atoms with Crippen LogP contribution in [0, 0.1) is 11.7 Å². The minimum absolute atomic E-state index is 0.193. The van der Waals surface area contributed by atoms with Crippen LogP contribution in [0.5, 0.6) is 0 Å². The molecule has 1 amide bonds. The largest absolute Gasteiger partial charge is 0.445 e. The topological polar surface area (TPSA) is 41.6 Å².